The molecular weight excluding hydrogens is 297 g/mol. The predicted molar refractivity (Wildman–Crippen MR) is 82.8 cm³/mol. The number of aromatic nitrogens is 2. The first-order valence-corrected chi connectivity index (χ1v) is 7.63. The maximum Gasteiger partial charge on any atom is 0.287 e. The smallest absolute Gasteiger partial charge is 0.287 e. The summed E-state index contributed by atoms with van der Waals surface area (Å²) in [6.07, 6.45) is 4.24. The van der Waals surface area contributed by atoms with Crippen molar-refractivity contribution >= 4 is 16.9 Å². The molecule has 0 unspecified atom stereocenters. The summed E-state index contributed by atoms with van der Waals surface area (Å²) in [4.78, 5) is 12.5. The van der Waals surface area contributed by atoms with Gasteiger partial charge in [-0.3, -0.25) is 9.89 Å². The number of H-pyrrole nitrogens is 1. The van der Waals surface area contributed by atoms with E-state index in [0.717, 1.165) is 30.5 Å². The molecule has 1 aliphatic rings. The van der Waals surface area contributed by atoms with Gasteiger partial charge in [-0.15, -0.1) is 0 Å². The Morgan fingerprint density at radius 1 is 1.48 bits per heavy atom. The summed E-state index contributed by atoms with van der Waals surface area (Å²) in [7, 11) is 0. The van der Waals surface area contributed by atoms with Gasteiger partial charge >= 0.3 is 0 Å². The van der Waals surface area contributed by atoms with Crippen LogP contribution >= 0.6 is 0 Å². The average molecular weight is 313 g/mol. The molecule has 6 heteroatoms. The van der Waals surface area contributed by atoms with Gasteiger partial charge in [0.15, 0.2) is 17.2 Å². The topological polar surface area (TPSA) is 70.9 Å². The molecule has 4 rings (SSSR count). The molecule has 0 saturated carbocycles. The highest BCUT2D eigenvalue weighted by atomic mass is 19.1. The number of nitrogens with one attached hydrogen (secondary N) is 2. The van der Waals surface area contributed by atoms with E-state index in [1.165, 1.54) is 6.07 Å². The molecular formula is C17H16FN3O2. The van der Waals surface area contributed by atoms with Crippen LogP contribution < -0.4 is 5.32 Å². The van der Waals surface area contributed by atoms with Crippen LogP contribution in [0.2, 0.25) is 0 Å². The highest BCUT2D eigenvalue weighted by molar-refractivity contribution is 5.99. The van der Waals surface area contributed by atoms with Crippen LogP contribution in [0, 0.1) is 12.7 Å². The lowest BCUT2D eigenvalue weighted by Gasteiger charge is -2.22. The molecule has 0 aliphatic heterocycles. The molecule has 2 aromatic heterocycles. The lowest BCUT2D eigenvalue weighted by Crippen LogP contribution is -2.38. The monoisotopic (exact) mass is 313 g/mol. The number of furan rings is 1. The Kier molecular flexibility index (Phi) is 3.18. The zero-order valence-electron chi connectivity index (χ0n) is 12.6. The van der Waals surface area contributed by atoms with Gasteiger partial charge in [0.25, 0.3) is 5.91 Å². The van der Waals surface area contributed by atoms with Crippen LogP contribution in [0.4, 0.5) is 4.39 Å². The molecule has 2 heterocycles. The van der Waals surface area contributed by atoms with Gasteiger partial charge in [-0.2, -0.15) is 5.10 Å². The van der Waals surface area contributed by atoms with Crippen LogP contribution in [0.1, 0.15) is 33.8 Å². The van der Waals surface area contributed by atoms with Crippen LogP contribution in [0.5, 0.6) is 0 Å². The molecule has 5 nitrogen and oxygen atoms in total. The molecule has 0 fully saturated rings. The summed E-state index contributed by atoms with van der Waals surface area (Å²) in [5.41, 5.74) is 3.07. The van der Waals surface area contributed by atoms with Gasteiger partial charge in [-0.25, -0.2) is 4.39 Å². The summed E-state index contributed by atoms with van der Waals surface area (Å²) in [5, 5.41) is 10.6. The van der Waals surface area contributed by atoms with Crippen molar-refractivity contribution in [3.8, 4) is 0 Å². The maximum absolute atomic E-state index is 13.8. The van der Waals surface area contributed by atoms with Crippen molar-refractivity contribution in [3.63, 3.8) is 0 Å². The van der Waals surface area contributed by atoms with Gasteiger partial charge in [0.1, 0.15) is 0 Å². The molecule has 0 saturated heterocycles. The predicted octanol–water partition coefficient (Wildman–Crippen LogP) is 2.89. The van der Waals surface area contributed by atoms with Crippen LogP contribution in [-0.4, -0.2) is 22.1 Å². The average Bonchev–Trinajstić information content (AvgIpc) is 3.13. The third-order valence-electron chi connectivity index (χ3n) is 4.47. The molecule has 1 aromatic carbocycles. The summed E-state index contributed by atoms with van der Waals surface area (Å²) in [5.74, 6) is -0.566. The quantitative estimate of drug-likeness (QED) is 0.764. The van der Waals surface area contributed by atoms with Crippen molar-refractivity contribution in [3.05, 3.63) is 52.8 Å². The number of benzene rings is 1. The van der Waals surface area contributed by atoms with E-state index in [4.69, 9.17) is 4.42 Å². The van der Waals surface area contributed by atoms with Crippen molar-refractivity contribution in [2.45, 2.75) is 32.2 Å². The minimum absolute atomic E-state index is 0.0325. The van der Waals surface area contributed by atoms with E-state index in [1.807, 2.05) is 0 Å². The van der Waals surface area contributed by atoms with Gasteiger partial charge < -0.3 is 9.73 Å². The summed E-state index contributed by atoms with van der Waals surface area (Å²) in [6.45, 7) is 1.77. The van der Waals surface area contributed by atoms with Crippen molar-refractivity contribution in [1.29, 1.82) is 0 Å². The Balaban J connectivity index is 1.58. The van der Waals surface area contributed by atoms with Crippen LogP contribution in [-0.2, 0) is 12.8 Å². The number of aryl methyl sites for hydroxylation is 2. The number of amides is 1. The normalized spacial score (nSPS) is 17.2. The van der Waals surface area contributed by atoms with E-state index in [0.29, 0.717) is 10.9 Å². The Morgan fingerprint density at radius 2 is 2.35 bits per heavy atom. The van der Waals surface area contributed by atoms with E-state index in [-0.39, 0.29) is 23.3 Å². The second-order valence-corrected chi connectivity index (χ2v) is 5.96. The van der Waals surface area contributed by atoms with Crippen LogP contribution in [0.3, 0.4) is 0 Å². The third-order valence-corrected chi connectivity index (χ3v) is 4.47. The summed E-state index contributed by atoms with van der Waals surface area (Å²) < 4.78 is 19.3. The van der Waals surface area contributed by atoms with E-state index in [9.17, 15) is 9.18 Å². The summed E-state index contributed by atoms with van der Waals surface area (Å²) >= 11 is 0. The Bertz CT molecular complexity index is 897. The van der Waals surface area contributed by atoms with Crippen molar-refractivity contribution in [2.75, 3.05) is 0 Å². The number of halogens is 1. The fourth-order valence-electron chi connectivity index (χ4n) is 3.22. The second kappa shape index (κ2) is 5.22. The van der Waals surface area contributed by atoms with Crippen LogP contribution in [0.15, 0.2) is 28.8 Å². The molecule has 23 heavy (non-hydrogen) atoms. The largest absolute Gasteiger partial charge is 0.448 e. The molecule has 0 spiro atoms. The SMILES string of the molecule is Cc1c(C(=O)N[C@H]2CCc3[nH]ncc3C2)oc2c(F)cccc12. The highest BCUT2D eigenvalue weighted by Crippen LogP contribution is 2.27. The van der Waals surface area contributed by atoms with Crippen molar-refractivity contribution in [1.82, 2.24) is 15.5 Å². The molecule has 3 aromatic rings. The number of hydrogen-bond acceptors (Lipinski definition) is 3. The Morgan fingerprint density at radius 3 is 3.17 bits per heavy atom. The number of aromatic amines is 1. The number of nitrogens with zero attached hydrogens (tertiary/aromatic N) is 1. The maximum atomic E-state index is 13.8. The van der Waals surface area contributed by atoms with Crippen molar-refractivity contribution < 1.29 is 13.6 Å². The van der Waals surface area contributed by atoms with Gasteiger partial charge in [0.05, 0.1) is 6.20 Å². The molecule has 118 valence electrons. The van der Waals surface area contributed by atoms with Gasteiger partial charge in [0, 0.05) is 22.7 Å². The highest BCUT2D eigenvalue weighted by Gasteiger charge is 2.25. The standard InChI is InChI=1S/C17H16FN3O2/c1-9-12-3-2-4-13(18)16(12)23-15(9)17(22)20-11-5-6-14-10(7-11)8-19-21-14/h2-4,8,11H,5-7H2,1H3,(H,19,21)(H,20,22)/t11-/m0/s1. The van der Waals surface area contributed by atoms with Gasteiger partial charge in [-0.1, -0.05) is 12.1 Å². The number of rotatable bonds is 2. The zero-order chi connectivity index (χ0) is 16.0. The number of carbonyl (C=O) groups excluding carboxylic acids is 1. The molecule has 0 bridgehead atoms. The van der Waals surface area contributed by atoms with E-state index >= 15 is 0 Å². The summed E-state index contributed by atoms with van der Waals surface area (Å²) in [6, 6.07) is 4.73. The molecule has 1 atom stereocenters. The van der Waals surface area contributed by atoms with E-state index in [1.54, 1.807) is 25.3 Å². The minimum Gasteiger partial charge on any atom is -0.448 e. The lowest BCUT2D eigenvalue weighted by molar-refractivity contribution is 0.0906. The Hall–Kier alpha value is -2.63. The fraction of sp³-hybridized carbons (Fsp3) is 0.294. The first-order valence-electron chi connectivity index (χ1n) is 7.63. The second-order valence-electron chi connectivity index (χ2n) is 5.96. The minimum atomic E-state index is -0.453. The van der Waals surface area contributed by atoms with Gasteiger partial charge in [0.2, 0.25) is 0 Å². The first-order chi connectivity index (χ1) is 11.1. The third kappa shape index (κ3) is 2.30. The molecule has 1 amide bonds. The zero-order valence-corrected chi connectivity index (χ0v) is 12.6. The van der Waals surface area contributed by atoms with E-state index in [2.05, 4.69) is 15.5 Å². The first kappa shape index (κ1) is 14.0. The van der Waals surface area contributed by atoms with Crippen LogP contribution in [0.25, 0.3) is 11.0 Å². The van der Waals surface area contributed by atoms with Crippen molar-refractivity contribution in [2.24, 2.45) is 0 Å². The molecule has 2 N–H and O–H groups in total. The fourth-order valence-corrected chi connectivity index (χ4v) is 3.22. The van der Waals surface area contributed by atoms with Gasteiger partial charge in [-0.05, 0) is 37.8 Å². The number of carbonyl (C=O) groups is 1. The number of hydrogen-bond donors (Lipinski definition) is 2. The number of fused-ring (bicyclic) bond motifs is 2. The molecule has 1 aliphatic carbocycles. The Labute approximate surface area is 131 Å². The van der Waals surface area contributed by atoms with E-state index < -0.39 is 5.82 Å². The lowest BCUT2D eigenvalue weighted by atomic mass is 9.93. The number of para-hydroxylation sites is 1. The molecule has 0 radical (unpaired) electrons.